The van der Waals surface area contributed by atoms with E-state index in [0.29, 0.717) is 12.3 Å². The monoisotopic (exact) mass is 265 g/mol. The van der Waals surface area contributed by atoms with Gasteiger partial charge >= 0.3 is 5.51 Å². The van der Waals surface area contributed by atoms with Crippen molar-refractivity contribution in [2.45, 2.75) is 11.9 Å². The zero-order chi connectivity index (χ0) is 12.7. The summed E-state index contributed by atoms with van der Waals surface area (Å²) in [5.41, 5.74) is 2.30. The molecule has 0 aromatic heterocycles. The van der Waals surface area contributed by atoms with Crippen LogP contribution in [0.2, 0.25) is 0 Å². The van der Waals surface area contributed by atoms with Gasteiger partial charge < -0.3 is 10.5 Å². The van der Waals surface area contributed by atoms with Crippen LogP contribution in [0.4, 0.5) is 13.2 Å². The molecule has 0 bridgehead atoms. The molecule has 0 spiro atoms. The Morgan fingerprint density at radius 3 is 2.35 bits per heavy atom. The molecule has 0 atom stereocenters. The molecule has 1 rings (SSSR count). The lowest BCUT2D eigenvalue weighted by Gasteiger charge is -2.08. The molecule has 0 saturated carbocycles. The van der Waals surface area contributed by atoms with Crippen LogP contribution in [-0.2, 0) is 6.42 Å². The van der Waals surface area contributed by atoms with Crippen molar-refractivity contribution in [3.05, 3.63) is 29.8 Å². The maximum absolute atomic E-state index is 11.8. The van der Waals surface area contributed by atoms with Crippen molar-refractivity contribution < 1.29 is 17.9 Å². The predicted octanol–water partition coefficient (Wildman–Crippen LogP) is 2.82. The van der Waals surface area contributed by atoms with E-state index in [9.17, 15) is 13.2 Å². The van der Waals surface area contributed by atoms with Gasteiger partial charge in [0, 0.05) is 5.75 Å². The number of halogens is 3. The Bertz CT molecular complexity index is 326. The van der Waals surface area contributed by atoms with Crippen molar-refractivity contribution in [2.24, 2.45) is 5.73 Å². The molecule has 96 valence electrons. The van der Waals surface area contributed by atoms with Crippen LogP contribution in [0.15, 0.2) is 24.3 Å². The molecule has 0 amide bonds. The normalized spacial score (nSPS) is 11.5. The Kier molecular flexibility index (Phi) is 5.64. The Hall–Kier alpha value is -0.880. The van der Waals surface area contributed by atoms with Gasteiger partial charge in [-0.05, 0) is 42.4 Å². The van der Waals surface area contributed by atoms with Crippen molar-refractivity contribution in [3.8, 4) is 5.75 Å². The highest BCUT2D eigenvalue weighted by molar-refractivity contribution is 8.00. The van der Waals surface area contributed by atoms with Crippen molar-refractivity contribution in [1.29, 1.82) is 0 Å². The number of hydrogen-bond acceptors (Lipinski definition) is 3. The summed E-state index contributed by atoms with van der Waals surface area (Å²) in [4.78, 5) is 0. The molecule has 0 heterocycles. The molecular weight excluding hydrogens is 251 g/mol. The van der Waals surface area contributed by atoms with Crippen LogP contribution in [0.5, 0.6) is 5.75 Å². The van der Waals surface area contributed by atoms with E-state index in [4.69, 9.17) is 10.5 Å². The number of thioether (sulfide) groups is 1. The number of ether oxygens (including phenoxy) is 1. The van der Waals surface area contributed by atoms with E-state index in [-0.39, 0.29) is 24.1 Å². The summed E-state index contributed by atoms with van der Waals surface area (Å²) < 4.78 is 40.6. The third-order valence-electron chi connectivity index (χ3n) is 1.97. The van der Waals surface area contributed by atoms with Crippen LogP contribution in [-0.4, -0.2) is 24.4 Å². The van der Waals surface area contributed by atoms with E-state index in [1.165, 1.54) is 0 Å². The minimum Gasteiger partial charge on any atom is -0.493 e. The molecule has 0 aliphatic heterocycles. The lowest BCUT2D eigenvalue weighted by Crippen LogP contribution is -2.07. The maximum Gasteiger partial charge on any atom is 0.441 e. The van der Waals surface area contributed by atoms with Crippen LogP contribution in [0, 0.1) is 0 Å². The van der Waals surface area contributed by atoms with E-state index in [1.54, 1.807) is 12.1 Å². The first-order valence-electron chi connectivity index (χ1n) is 5.14. The highest BCUT2D eigenvalue weighted by Crippen LogP contribution is 2.29. The average Bonchev–Trinajstić information content (AvgIpc) is 2.26. The van der Waals surface area contributed by atoms with E-state index < -0.39 is 5.51 Å². The number of hydrogen-bond donors (Lipinski definition) is 1. The Labute approximate surface area is 102 Å². The highest BCUT2D eigenvalue weighted by atomic mass is 32.2. The topological polar surface area (TPSA) is 35.2 Å². The summed E-state index contributed by atoms with van der Waals surface area (Å²) in [7, 11) is 0. The molecule has 1 aromatic carbocycles. The molecular formula is C11H14F3NOS. The third kappa shape index (κ3) is 6.43. The van der Waals surface area contributed by atoms with Crippen LogP contribution in [0.25, 0.3) is 0 Å². The van der Waals surface area contributed by atoms with Gasteiger partial charge in [-0.25, -0.2) is 0 Å². The predicted molar refractivity (Wildman–Crippen MR) is 63.2 cm³/mol. The minimum absolute atomic E-state index is 0.0421. The first kappa shape index (κ1) is 14.2. The SMILES string of the molecule is NCCc1ccc(OCCSC(F)(F)F)cc1. The Balaban J connectivity index is 2.27. The van der Waals surface area contributed by atoms with Crippen LogP contribution < -0.4 is 10.5 Å². The zero-order valence-electron chi connectivity index (χ0n) is 9.17. The second-order valence-electron chi connectivity index (χ2n) is 3.33. The molecule has 2 nitrogen and oxygen atoms in total. The van der Waals surface area contributed by atoms with Crippen molar-refractivity contribution >= 4 is 11.8 Å². The summed E-state index contributed by atoms with van der Waals surface area (Å²) in [6.45, 7) is 0.614. The second kappa shape index (κ2) is 6.76. The lowest BCUT2D eigenvalue weighted by atomic mass is 10.1. The van der Waals surface area contributed by atoms with Gasteiger partial charge in [0.2, 0.25) is 0 Å². The fourth-order valence-corrected chi connectivity index (χ4v) is 1.63. The van der Waals surface area contributed by atoms with E-state index in [2.05, 4.69) is 0 Å². The fraction of sp³-hybridized carbons (Fsp3) is 0.455. The van der Waals surface area contributed by atoms with Crippen molar-refractivity contribution in [1.82, 2.24) is 0 Å². The highest BCUT2D eigenvalue weighted by Gasteiger charge is 2.27. The maximum atomic E-state index is 11.8. The molecule has 0 radical (unpaired) electrons. The third-order valence-corrected chi connectivity index (χ3v) is 2.67. The number of rotatable bonds is 6. The van der Waals surface area contributed by atoms with Crippen molar-refractivity contribution in [3.63, 3.8) is 0 Å². The summed E-state index contributed by atoms with van der Waals surface area (Å²) in [6.07, 6.45) is 0.782. The van der Waals surface area contributed by atoms with Gasteiger partial charge in [0.1, 0.15) is 5.75 Å². The van der Waals surface area contributed by atoms with E-state index >= 15 is 0 Å². The molecule has 0 aliphatic carbocycles. The van der Waals surface area contributed by atoms with Gasteiger partial charge in [-0.3, -0.25) is 0 Å². The average molecular weight is 265 g/mol. The molecule has 0 aliphatic rings. The molecule has 1 aromatic rings. The number of alkyl halides is 3. The van der Waals surface area contributed by atoms with Crippen LogP contribution in [0.3, 0.4) is 0 Å². The van der Waals surface area contributed by atoms with Crippen molar-refractivity contribution in [2.75, 3.05) is 18.9 Å². The first-order valence-corrected chi connectivity index (χ1v) is 6.12. The molecule has 17 heavy (non-hydrogen) atoms. The van der Waals surface area contributed by atoms with Gasteiger partial charge in [0.05, 0.1) is 6.61 Å². The summed E-state index contributed by atoms with van der Waals surface area (Å²) in [5.74, 6) is 0.474. The van der Waals surface area contributed by atoms with E-state index in [0.717, 1.165) is 12.0 Å². The quantitative estimate of drug-likeness (QED) is 0.803. The standard InChI is InChI=1S/C11H14F3NOS/c12-11(13,14)17-8-7-16-10-3-1-9(2-4-10)5-6-15/h1-4H,5-8,15H2. The fourth-order valence-electron chi connectivity index (χ4n) is 1.24. The summed E-state index contributed by atoms with van der Waals surface area (Å²) in [5, 5.41) is 0. The molecule has 0 fully saturated rings. The molecule has 6 heteroatoms. The molecule has 2 N–H and O–H groups in total. The molecule has 0 unspecified atom stereocenters. The number of benzene rings is 1. The lowest BCUT2D eigenvalue weighted by molar-refractivity contribution is -0.0329. The van der Waals surface area contributed by atoms with E-state index in [1.807, 2.05) is 12.1 Å². The van der Waals surface area contributed by atoms with Crippen LogP contribution >= 0.6 is 11.8 Å². The number of nitrogens with two attached hydrogens (primary N) is 1. The summed E-state index contributed by atoms with van der Waals surface area (Å²) >= 11 is -0.0774. The van der Waals surface area contributed by atoms with Gasteiger partial charge in [-0.1, -0.05) is 12.1 Å². The van der Waals surface area contributed by atoms with Crippen LogP contribution in [0.1, 0.15) is 5.56 Å². The molecule has 0 saturated heterocycles. The second-order valence-corrected chi connectivity index (χ2v) is 4.49. The largest absolute Gasteiger partial charge is 0.493 e. The van der Waals surface area contributed by atoms with Gasteiger partial charge in [-0.15, -0.1) is 0 Å². The minimum atomic E-state index is -4.19. The Morgan fingerprint density at radius 1 is 1.18 bits per heavy atom. The zero-order valence-corrected chi connectivity index (χ0v) is 9.98. The Morgan fingerprint density at radius 2 is 1.82 bits per heavy atom. The summed E-state index contributed by atoms with van der Waals surface area (Å²) in [6, 6.07) is 7.20. The smallest absolute Gasteiger partial charge is 0.441 e. The first-order chi connectivity index (χ1) is 8.01. The van der Waals surface area contributed by atoms with Gasteiger partial charge in [0.15, 0.2) is 0 Å². The van der Waals surface area contributed by atoms with Gasteiger partial charge in [0.25, 0.3) is 0 Å². The van der Waals surface area contributed by atoms with Gasteiger partial charge in [-0.2, -0.15) is 13.2 Å².